The van der Waals surface area contributed by atoms with E-state index in [-0.39, 0.29) is 29.9 Å². The van der Waals surface area contributed by atoms with Crippen LogP contribution in [0.3, 0.4) is 0 Å². The first-order valence-corrected chi connectivity index (χ1v) is 8.32. The van der Waals surface area contributed by atoms with Crippen LogP contribution in [0.15, 0.2) is 24.4 Å². The number of carbonyl (C=O) groups excluding carboxylic acids is 2. The average Bonchev–Trinajstić information content (AvgIpc) is 3.29. The molecule has 3 rings (SSSR count). The molecule has 1 aliphatic heterocycles. The van der Waals surface area contributed by atoms with E-state index in [9.17, 15) is 9.59 Å². The van der Waals surface area contributed by atoms with Gasteiger partial charge >= 0.3 is 6.03 Å². The summed E-state index contributed by atoms with van der Waals surface area (Å²) in [4.78, 5) is 30.5. The topological polar surface area (TPSA) is 74.3 Å². The van der Waals surface area contributed by atoms with E-state index in [1.165, 1.54) is 0 Å². The van der Waals surface area contributed by atoms with Gasteiger partial charge in [0.1, 0.15) is 0 Å². The Labute approximate surface area is 136 Å². The summed E-state index contributed by atoms with van der Waals surface area (Å²) in [6.07, 6.45) is 4.33. The van der Waals surface area contributed by atoms with Gasteiger partial charge in [0.25, 0.3) is 0 Å². The molecule has 6 heteroatoms. The van der Waals surface area contributed by atoms with Crippen LogP contribution in [-0.4, -0.2) is 40.5 Å². The number of likely N-dealkylation sites (tertiary alicyclic amines) is 1. The van der Waals surface area contributed by atoms with Crippen molar-refractivity contribution in [2.75, 3.05) is 6.54 Å². The van der Waals surface area contributed by atoms with E-state index < -0.39 is 0 Å². The van der Waals surface area contributed by atoms with Crippen LogP contribution in [0.4, 0.5) is 4.79 Å². The minimum absolute atomic E-state index is 0.0976. The number of pyridine rings is 1. The molecule has 3 amide bonds. The van der Waals surface area contributed by atoms with Crippen LogP contribution in [-0.2, 0) is 4.79 Å². The molecule has 2 heterocycles. The maximum atomic E-state index is 12.3. The maximum absolute atomic E-state index is 12.3. The van der Waals surface area contributed by atoms with E-state index in [1.54, 1.807) is 6.20 Å². The second kappa shape index (κ2) is 6.56. The zero-order valence-electron chi connectivity index (χ0n) is 13.7. The second-order valence-corrected chi connectivity index (χ2v) is 6.77. The Morgan fingerprint density at radius 2 is 2.13 bits per heavy atom. The highest BCUT2D eigenvalue weighted by atomic mass is 16.2. The van der Waals surface area contributed by atoms with Gasteiger partial charge in [-0.2, -0.15) is 0 Å². The number of amides is 3. The number of rotatable bonds is 5. The van der Waals surface area contributed by atoms with E-state index in [2.05, 4.69) is 15.6 Å². The van der Waals surface area contributed by atoms with Crippen molar-refractivity contribution in [2.45, 2.75) is 51.2 Å². The number of aromatic nitrogens is 1. The van der Waals surface area contributed by atoms with Crippen LogP contribution in [0.5, 0.6) is 0 Å². The molecule has 2 N–H and O–H groups in total. The molecule has 2 aliphatic rings. The fourth-order valence-electron chi connectivity index (χ4n) is 3.08. The molecule has 1 saturated heterocycles. The smallest absolute Gasteiger partial charge is 0.315 e. The summed E-state index contributed by atoms with van der Waals surface area (Å²) < 4.78 is 0. The average molecular weight is 316 g/mol. The lowest BCUT2D eigenvalue weighted by molar-refractivity contribution is -0.128. The molecular formula is C17H24N4O2. The molecule has 1 aromatic heterocycles. The Morgan fingerprint density at radius 1 is 1.35 bits per heavy atom. The third kappa shape index (κ3) is 3.81. The fraction of sp³-hybridized carbons (Fsp3) is 0.588. The van der Waals surface area contributed by atoms with Crippen LogP contribution in [0.2, 0.25) is 0 Å². The Kier molecular flexibility index (Phi) is 4.50. The third-order valence-electron chi connectivity index (χ3n) is 4.44. The zero-order chi connectivity index (χ0) is 16.4. The van der Waals surface area contributed by atoms with Crippen molar-refractivity contribution in [3.63, 3.8) is 0 Å². The van der Waals surface area contributed by atoms with Crippen LogP contribution in [0.25, 0.3) is 0 Å². The van der Waals surface area contributed by atoms with Gasteiger partial charge in [-0.1, -0.05) is 19.9 Å². The Morgan fingerprint density at radius 3 is 2.74 bits per heavy atom. The number of urea groups is 1. The summed E-state index contributed by atoms with van der Waals surface area (Å²) in [6.45, 7) is 4.73. The maximum Gasteiger partial charge on any atom is 0.315 e. The normalized spacial score (nSPS) is 22.3. The van der Waals surface area contributed by atoms with Crippen LogP contribution in [0.1, 0.15) is 44.8 Å². The summed E-state index contributed by atoms with van der Waals surface area (Å²) >= 11 is 0. The number of carbonyl (C=O) groups is 2. The van der Waals surface area contributed by atoms with E-state index in [0.29, 0.717) is 19.0 Å². The van der Waals surface area contributed by atoms with Gasteiger partial charge in [0, 0.05) is 25.2 Å². The molecule has 6 nitrogen and oxygen atoms in total. The number of hydrogen-bond acceptors (Lipinski definition) is 3. The van der Waals surface area contributed by atoms with Gasteiger partial charge in [0.15, 0.2) is 0 Å². The Hall–Kier alpha value is -2.11. The second-order valence-electron chi connectivity index (χ2n) is 6.77. The first-order valence-electron chi connectivity index (χ1n) is 8.32. The molecular weight excluding hydrogens is 292 g/mol. The molecule has 0 aromatic carbocycles. The van der Waals surface area contributed by atoms with Crippen molar-refractivity contribution in [1.82, 2.24) is 20.5 Å². The van der Waals surface area contributed by atoms with Gasteiger partial charge in [0.2, 0.25) is 5.91 Å². The molecule has 0 spiro atoms. The molecule has 2 unspecified atom stereocenters. The van der Waals surface area contributed by atoms with E-state index in [1.807, 2.05) is 36.9 Å². The summed E-state index contributed by atoms with van der Waals surface area (Å²) in [6, 6.07) is 5.63. The van der Waals surface area contributed by atoms with Gasteiger partial charge in [-0.25, -0.2) is 4.79 Å². The van der Waals surface area contributed by atoms with Gasteiger partial charge in [-0.3, -0.25) is 9.78 Å². The van der Waals surface area contributed by atoms with Crippen molar-refractivity contribution in [3.05, 3.63) is 30.1 Å². The van der Waals surface area contributed by atoms with Gasteiger partial charge in [0.05, 0.1) is 17.8 Å². The molecule has 0 bridgehead atoms. The quantitative estimate of drug-likeness (QED) is 0.870. The number of hydrogen-bond donors (Lipinski definition) is 2. The first kappa shape index (κ1) is 15.8. The SMILES string of the molecule is CC(C)C(NC(=O)NC1CC(=O)N(C2CC2)C1)c1ccccn1. The predicted molar refractivity (Wildman–Crippen MR) is 86.6 cm³/mol. The highest BCUT2D eigenvalue weighted by Crippen LogP contribution is 2.30. The highest BCUT2D eigenvalue weighted by Gasteiger charge is 2.39. The molecule has 1 aromatic rings. The minimum Gasteiger partial charge on any atom is -0.338 e. The molecule has 0 radical (unpaired) electrons. The lowest BCUT2D eigenvalue weighted by Crippen LogP contribution is -2.45. The summed E-state index contributed by atoms with van der Waals surface area (Å²) in [5, 5.41) is 5.93. The summed E-state index contributed by atoms with van der Waals surface area (Å²) in [7, 11) is 0. The molecule has 1 aliphatic carbocycles. The van der Waals surface area contributed by atoms with Gasteiger partial charge < -0.3 is 15.5 Å². The first-order chi connectivity index (χ1) is 11.0. The molecule has 124 valence electrons. The monoisotopic (exact) mass is 316 g/mol. The van der Waals surface area contributed by atoms with E-state index in [0.717, 1.165) is 18.5 Å². The summed E-state index contributed by atoms with van der Waals surface area (Å²) in [5.41, 5.74) is 0.847. The summed E-state index contributed by atoms with van der Waals surface area (Å²) in [5.74, 6) is 0.381. The zero-order valence-corrected chi connectivity index (χ0v) is 13.7. The lowest BCUT2D eigenvalue weighted by atomic mass is 10.0. The van der Waals surface area contributed by atoms with Crippen LogP contribution < -0.4 is 10.6 Å². The van der Waals surface area contributed by atoms with Crippen molar-refractivity contribution in [2.24, 2.45) is 5.92 Å². The Bertz CT molecular complexity index is 571. The predicted octanol–water partition coefficient (Wildman–Crippen LogP) is 1.84. The fourth-order valence-corrected chi connectivity index (χ4v) is 3.08. The van der Waals surface area contributed by atoms with E-state index >= 15 is 0 Å². The molecule has 23 heavy (non-hydrogen) atoms. The highest BCUT2D eigenvalue weighted by molar-refractivity contribution is 5.82. The largest absolute Gasteiger partial charge is 0.338 e. The Balaban J connectivity index is 1.56. The van der Waals surface area contributed by atoms with Crippen molar-refractivity contribution in [1.29, 1.82) is 0 Å². The lowest BCUT2D eigenvalue weighted by Gasteiger charge is -2.23. The number of nitrogens with zero attached hydrogens (tertiary/aromatic N) is 2. The van der Waals surface area contributed by atoms with Crippen LogP contribution in [0, 0.1) is 5.92 Å². The molecule has 2 atom stereocenters. The van der Waals surface area contributed by atoms with Gasteiger partial charge in [-0.05, 0) is 30.9 Å². The molecule has 1 saturated carbocycles. The minimum atomic E-state index is -0.232. The van der Waals surface area contributed by atoms with Crippen molar-refractivity contribution < 1.29 is 9.59 Å². The van der Waals surface area contributed by atoms with E-state index in [4.69, 9.17) is 0 Å². The third-order valence-corrected chi connectivity index (χ3v) is 4.44. The van der Waals surface area contributed by atoms with Crippen LogP contribution >= 0.6 is 0 Å². The molecule has 2 fully saturated rings. The standard InChI is InChI=1S/C17H24N4O2/c1-11(2)16(14-5-3-4-8-18-14)20-17(23)19-12-9-15(22)21(10-12)13-6-7-13/h3-5,8,11-13,16H,6-7,9-10H2,1-2H3,(H2,19,20,23). The number of nitrogens with one attached hydrogen (secondary N) is 2. The van der Waals surface area contributed by atoms with Crippen molar-refractivity contribution in [3.8, 4) is 0 Å². The van der Waals surface area contributed by atoms with Gasteiger partial charge in [-0.15, -0.1) is 0 Å². The van der Waals surface area contributed by atoms with Crippen molar-refractivity contribution >= 4 is 11.9 Å².